The maximum atomic E-state index is 13.4. The third-order valence-electron chi connectivity index (χ3n) is 3.10. The van der Waals surface area contributed by atoms with Crippen LogP contribution in [0.3, 0.4) is 0 Å². The van der Waals surface area contributed by atoms with Crippen molar-refractivity contribution in [2.75, 3.05) is 6.61 Å². The Labute approximate surface area is 166 Å². The van der Waals surface area contributed by atoms with Crippen molar-refractivity contribution in [2.45, 2.75) is 49.3 Å². The minimum atomic E-state index is -7.59. The maximum Gasteiger partial charge on any atom is 0.438 e. The molecule has 0 saturated heterocycles. The number of carboxylic acid groups (broad SMARTS) is 1. The Hall–Kier alpha value is -2.39. The minimum Gasteiger partial charge on any atom is -0.478 e. The van der Waals surface area contributed by atoms with Crippen LogP contribution in [-0.2, 0) is 14.3 Å². The van der Waals surface area contributed by atoms with Crippen LogP contribution < -0.4 is 0 Å². The molecule has 0 aromatic carbocycles. The van der Waals surface area contributed by atoms with Crippen molar-refractivity contribution in [1.29, 1.82) is 0 Å². The number of ether oxygens (including phenoxy) is 1. The number of aliphatic carboxylic acids is 1. The SMILES string of the molecule is C=C(C)C(=O)OCC(O)CC(F)(F)C(F)(F)C(F)(C(F)(F)F)C(F)(F)F.C=CC(=O)O. The van der Waals surface area contributed by atoms with Crippen LogP contribution in [0.1, 0.15) is 13.3 Å². The number of halogens is 11. The molecule has 0 aliphatic rings. The lowest BCUT2D eigenvalue weighted by Crippen LogP contribution is -2.70. The highest BCUT2D eigenvalue weighted by Gasteiger charge is 2.89. The van der Waals surface area contributed by atoms with Crippen molar-refractivity contribution < 1.29 is 72.8 Å². The van der Waals surface area contributed by atoms with E-state index >= 15 is 0 Å². The summed E-state index contributed by atoms with van der Waals surface area (Å²) in [7, 11) is 0. The Morgan fingerprint density at radius 1 is 0.968 bits per heavy atom. The van der Waals surface area contributed by atoms with Crippen molar-refractivity contribution in [3.63, 3.8) is 0 Å². The molecule has 0 aromatic rings. The number of hydrogen-bond donors (Lipinski definition) is 2. The van der Waals surface area contributed by atoms with Gasteiger partial charge in [-0.1, -0.05) is 13.2 Å². The van der Waals surface area contributed by atoms with Crippen LogP contribution in [0.25, 0.3) is 0 Å². The molecule has 2 N–H and O–H groups in total. The summed E-state index contributed by atoms with van der Waals surface area (Å²) in [6, 6.07) is 0. The molecule has 0 fully saturated rings. The van der Waals surface area contributed by atoms with E-state index < -0.39 is 60.9 Å². The van der Waals surface area contributed by atoms with Crippen molar-refractivity contribution in [1.82, 2.24) is 0 Å². The number of aliphatic hydroxyl groups is 1. The number of esters is 1. The molecule has 0 aliphatic heterocycles. The van der Waals surface area contributed by atoms with Gasteiger partial charge in [-0.05, 0) is 6.92 Å². The Morgan fingerprint density at radius 2 is 1.32 bits per heavy atom. The molecule has 0 rings (SSSR count). The van der Waals surface area contributed by atoms with E-state index in [-0.39, 0.29) is 5.57 Å². The van der Waals surface area contributed by atoms with Gasteiger partial charge in [-0.25, -0.2) is 14.0 Å². The number of carbonyl (C=O) groups is 2. The molecule has 5 nitrogen and oxygen atoms in total. The van der Waals surface area contributed by atoms with Gasteiger partial charge in [-0.15, -0.1) is 0 Å². The molecule has 0 aromatic heterocycles. The first-order valence-corrected chi connectivity index (χ1v) is 7.43. The zero-order chi connectivity index (χ0) is 25.6. The Bertz CT molecular complexity index is 653. The molecular formula is C15H15F11O5. The highest BCUT2D eigenvalue weighted by molar-refractivity contribution is 5.86. The summed E-state index contributed by atoms with van der Waals surface area (Å²) < 4.78 is 144. The molecule has 0 spiro atoms. The summed E-state index contributed by atoms with van der Waals surface area (Å²) in [5.41, 5.74) is -7.93. The summed E-state index contributed by atoms with van der Waals surface area (Å²) >= 11 is 0. The average molecular weight is 484 g/mol. The second-order valence-corrected chi connectivity index (χ2v) is 5.71. The van der Waals surface area contributed by atoms with Gasteiger partial charge >= 0.3 is 41.8 Å². The topological polar surface area (TPSA) is 83.8 Å². The molecule has 182 valence electrons. The summed E-state index contributed by atoms with van der Waals surface area (Å²) in [5.74, 6) is -16.0. The van der Waals surface area contributed by atoms with Crippen LogP contribution in [0.4, 0.5) is 48.3 Å². The van der Waals surface area contributed by atoms with E-state index in [0.29, 0.717) is 0 Å². The van der Waals surface area contributed by atoms with Gasteiger partial charge in [-0.2, -0.15) is 43.9 Å². The fourth-order valence-corrected chi connectivity index (χ4v) is 1.55. The average Bonchev–Trinajstić information content (AvgIpc) is 2.56. The quantitative estimate of drug-likeness (QED) is 0.306. The second-order valence-electron chi connectivity index (χ2n) is 5.71. The van der Waals surface area contributed by atoms with Gasteiger partial charge in [0.05, 0.1) is 6.10 Å². The number of aliphatic hydroxyl groups excluding tert-OH is 1. The molecule has 0 radical (unpaired) electrons. The molecule has 0 heterocycles. The molecule has 0 amide bonds. The number of hydrogen-bond acceptors (Lipinski definition) is 4. The predicted molar refractivity (Wildman–Crippen MR) is 80.1 cm³/mol. The van der Waals surface area contributed by atoms with Crippen LogP contribution in [0.2, 0.25) is 0 Å². The van der Waals surface area contributed by atoms with E-state index in [0.717, 1.165) is 13.0 Å². The maximum absolute atomic E-state index is 13.4. The summed E-state index contributed by atoms with van der Waals surface area (Å²) in [6.07, 6.45) is -19.7. The van der Waals surface area contributed by atoms with Crippen LogP contribution >= 0.6 is 0 Å². The van der Waals surface area contributed by atoms with Gasteiger partial charge in [-0.3, -0.25) is 0 Å². The highest BCUT2D eigenvalue weighted by atomic mass is 19.4. The van der Waals surface area contributed by atoms with Gasteiger partial charge in [0.1, 0.15) is 6.61 Å². The highest BCUT2D eigenvalue weighted by Crippen LogP contribution is 2.59. The van der Waals surface area contributed by atoms with Crippen molar-refractivity contribution in [2.24, 2.45) is 0 Å². The van der Waals surface area contributed by atoms with Gasteiger partial charge < -0.3 is 14.9 Å². The molecule has 31 heavy (non-hydrogen) atoms. The lowest BCUT2D eigenvalue weighted by atomic mass is 9.88. The molecule has 1 atom stereocenters. The Morgan fingerprint density at radius 3 is 1.58 bits per heavy atom. The largest absolute Gasteiger partial charge is 0.478 e. The molecule has 0 saturated carbocycles. The van der Waals surface area contributed by atoms with Crippen LogP contribution in [0, 0.1) is 0 Å². The van der Waals surface area contributed by atoms with Crippen molar-refractivity contribution >= 4 is 11.9 Å². The van der Waals surface area contributed by atoms with E-state index in [1.54, 1.807) is 0 Å². The molecule has 16 heteroatoms. The van der Waals surface area contributed by atoms with Gasteiger partial charge in [0.25, 0.3) is 0 Å². The lowest BCUT2D eigenvalue weighted by Gasteiger charge is -2.40. The molecule has 0 aliphatic carbocycles. The number of rotatable bonds is 8. The molecule has 0 bridgehead atoms. The molecular weight excluding hydrogens is 469 g/mol. The van der Waals surface area contributed by atoms with E-state index in [4.69, 9.17) is 10.2 Å². The van der Waals surface area contributed by atoms with Gasteiger partial charge in [0, 0.05) is 18.1 Å². The zero-order valence-corrected chi connectivity index (χ0v) is 15.3. The number of carbonyl (C=O) groups excluding carboxylic acids is 1. The van der Waals surface area contributed by atoms with E-state index in [2.05, 4.69) is 17.9 Å². The van der Waals surface area contributed by atoms with Crippen molar-refractivity contribution in [3.8, 4) is 0 Å². The van der Waals surface area contributed by atoms with Gasteiger partial charge in [0.2, 0.25) is 0 Å². The normalized spacial score (nSPS) is 14.1. The number of carboxylic acids is 1. The standard InChI is InChI=1S/C12H11F11O3.C3H4O2/c1-5(2)7(25)26-4-6(24)3-8(13,14)10(16,17)9(15,11(18,19)20)12(21,22)23;1-2-3(4)5/h6,24H,1,3-4H2,2H3;2H,1H2,(H,4,5). The van der Waals surface area contributed by atoms with Crippen LogP contribution in [0.5, 0.6) is 0 Å². The lowest BCUT2D eigenvalue weighted by molar-refractivity contribution is -0.428. The Balaban J connectivity index is 0. The van der Waals surface area contributed by atoms with Crippen LogP contribution in [0.15, 0.2) is 24.8 Å². The third-order valence-corrected chi connectivity index (χ3v) is 3.10. The first-order valence-electron chi connectivity index (χ1n) is 7.43. The Kier molecular flexibility index (Phi) is 10.2. The smallest absolute Gasteiger partial charge is 0.438 e. The first-order chi connectivity index (χ1) is 13.5. The molecule has 1 unspecified atom stereocenters. The summed E-state index contributed by atoms with van der Waals surface area (Å²) in [4.78, 5) is 20.2. The fourth-order valence-electron chi connectivity index (χ4n) is 1.55. The van der Waals surface area contributed by atoms with Gasteiger partial charge in [0.15, 0.2) is 0 Å². The summed E-state index contributed by atoms with van der Waals surface area (Å²) in [5, 5.41) is 16.6. The van der Waals surface area contributed by atoms with E-state index in [1.807, 2.05) is 0 Å². The predicted octanol–water partition coefficient (Wildman–Crippen LogP) is 4.22. The van der Waals surface area contributed by atoms with E-state index in [9.17, 15) is 57.9 Å². The monoisotopic (exact) mass is 484 g/mol. The first kappa shape index (κ1) is 30.8. The zero-order valence-electron chi connectivity index (χ0n) is 15.3. The minimum absolute atomic E-state index is 0.341. The van der Waals surface area contributed by atoms with E-state index in [1.165, 1.54) is 0 Å². The summed E-state index contributed by atoms with van der Waals surface area (Å²) in [6.45, 7) is 5.52. The second kappa shape index (κ2) is 10.3. The third kappa shape index (κ3) is 7.36. The fraction of sp³-hybridized carbons (Fsp3) is 0.600. The number of alkyl halides is 11. The van der Waals surface area contributed by atoms with Crippen LogP contribution in [-0.4, -0.2) is 64.7 Å². The van der Waals surface area contributed by atoms with Crippen molar-refractivity contribution in [3.05, 3.63) is 24.8 Å².